The fourth-order valence-electron chi connectivity index (χ4n) is 1.17. The van der Waals surface area contributed by atoms with E-state index in [1.54, 1.807) is 18.8 Å². The zero-order valence-electron chi connectivity index (χ0n) is 11.3. The molecule has 0 radical (unpaired) electrons. The summed E-state index contributed by atoms with van der Waals surface area (Å²) >= 11 is 1.58. The van der Waals surface area contributed by atoms with Gasteiger partial charge in [0.1, 0.15) is 5.54 Å². The molecule has 0 spiro atoms. The monoisotopic (exact) mass is 261 g/mol. The third kappa shape index (κ3) is 4.58. The van der Waals surface area contributed by atoms with Crippen LogP contribution in [0.3, 0.4) is 0 Å². The number of unbranched alkanes of at least 4 members (excludes halogenated alkanes) is 1. The molecule has 0 rings (SSSR count). The van der Waals surface area contributed by atoms with Crippen LogP contribution in [-0.4, -0.2) is 45.5 Å². The Kier molecular flexibility index (Phi) is 6.60. The Morgan fingerprint density at radius 2 is 1.94 bits per heavy atom. The van der Waals surface area contributed by atoms with Crippen molar-refractivity contribution in [3.63, 3.8) is 0 Å². The van der Waals surface area contributed by atoms with Gasteiger partial charge in [0, 0.05) is 7.05 Å². The van der Waals surface area contributed by atoms with E-state index in [0.29, 0.717) is 0 Å². The van der Waals surface area contributed by atoms with Crippen LogP contribution in [0.2, 0.25) is 0 Å². The maximum atomic E-state index is 12.0. The van der Waals surface area contributed by atoms with Crippen molar-refractivity contribution >= 4 is 23.6 Å². The average Bonchev–Trinajstić information content (AvgIpc) is 2.26. The summed E-state index contributed by atoms with van der Waals surface area (Å²) in [7, 11) is 1.55. The molecule has 0 aromatic carbocycles. The second kappa shape index (κ2) is 6.89. The van der Waals surface area contributed by atoms with Gasteiger partial charge in [-0.05, 0) is 32.9 Å². The molecule has 0 heterocycles. The third-order valence-corrected chi connectivity index (χ3v) is 4.13. The minimum Gasteiger partial charge on any atom is -0.480 e. The van der Waals surface area contributed by atoms with E-state index in [9.17, 15) is 9.59 Å². The van der Waals surface area contributed by atoms with E-state index >= 15 is 0 Å². The second-order valence-corrected chi connectivity index (χ2v) is 6.08. The van der Waals surface area contributed by atoms with Crippen LogP contribution in [0.1, 0.15) is 40.5 Å². The second-order valence-electron chi connectivity index (χ2n) is 4.63. The molecule has 1 N–H and O–H groups in total. The first-order chi connectivity index (χ1) is 7.75. The number of carboxylic acid groups (broad SMARTS) is 1. The maximum absolute atomic E-state index is 12.0. The van der Waals surface area contributed by atoms with Crippen molar-refractivity contribution < 1.29 is 14.7 Å². The van der Waals surface area contributed by atoms with E-state index in [0.717, 1.165) is 18.6 Å². The number of carboxylic acids is 1. The standard InChI is InChI=1S/C12H23NO3S/c1-6-7-8-17-9(2)10(14)13(5)12(3,4)11(15)16/h9H,6-8H2,1-5H3,(H,15,16). The van der Waals surface area contributed by atoms with Crippen molar-refractivity contribution in [3.8, 4) is 0 Å². The zero-order chi connectivity index (χ0) is 13.6. The molecule has 0 saturated carbocycles. The highest BCUT2D eigenvalue weighted by atomic mass is 32.2. The number of carbonyl (C=O) groups is 2. The summed E-state index contributed by atoms with van der Waals surface area (Å²) in [4.78, 5) is 24.4. The summed E-state index contributed by atoms with van der Waals surface area (Å²) in [6.45, 7) is 7.01. The van der Waals surface area contributed by atoms with Gasteiger partial charge < -0.3 is 10.0 Å². The molecule has 0 fully saturated rings. The van der Waals surface area contributed by atoms with Gasteiger partial charge in [0.25, 0.3) is 0 Å². The first kappa shape index (κ1) is 16.3. The van der Waals surface area contributed by atoms with Crippen LogP contribution in [0.5, 0.6) is 0 Å². The summed E-state index contributed by atoms with van der Waals surface area (Å²) in [6.07, 6.45) is 2.18. The number of hydrogen-bond donors (Lipinski definition) is 1. The maximum Gasteiger partial charge on any atom is 0.329 e. The van der Waals surface area contributed by atoms with Crippen LogP contribution < -0.4 is 0 Å². The van der Waals surface area contributed by atoms with E-state index in [2.05, 4.69) is 6.92 Å². The normalized spacial score (nSPS) is 13.2. The number of aliphatic carboxylic acids is 1. The molecule has 0 aromatic rings. The molecule has 17 heavy (non-hydrogen) atoms. The largest absolute Gasteiger partial charge is 0.480 e. The number of nitrogens with zero attached hydrogens (tertiary/aromatic N) is 1. The number of amides is 1. The van der Waals surface area contributed by atoms with Crippen LogP contribution in [-0.2, 0) is 9.59 Å². The van der Waals surface area contributed by atoms with Gasteiger partial charge in [0.05, 0.1) is 5.25 Å². The highest BCUT2D eigenvalue weighted by Crippen LogP contribution is 2.20. The highest BCUT2D eigenvalue weighted by molar-refractivity contribution is 8.00. The Morgan fingerprint density at radius 3 is 2.35 bits per heavy atom. The lowest BCUT2D eigenvalue weighted by Crippen LogP contribution is -2.52. The van der Waals surface area contributed by atoms with E-state index in [1.807, 2.05) is 6.92 Å². The summed E-state index contributed by atoms with van der Waals surface area (Å²) in [5, 5.41) is 8.87. The Morgan fingerprint density at radius 1 is 1.41 bits per heavy atom. The van der Waals surface area contributed by atoms with Crippen LogP contribution in [0.4, 0.5) is 0 Å². The molecule has 4 nitrogen and oxygen atoms in total. The molecule has 100 valence electrons. The number of likely N-dealkylation sites (N-methyl/N-ethyl adjacent to an activating group) is 1. The smallest absolute Gasteiger partial charge is 0.329 e. The van der Waals surface area contributed by atoms with E-state index in [4.69, 9.17) is 5.11 Å². The van der Waals surface area contributed by atoms with Crippen molar-refractivity contribution in [1.29, 1.82) is 0 Å². The lowest BCUT2D eigenvalue weighted by Gasteiger charge is -2.33. The average molecular weight is 261 g/mol. The van der Waals surface area contributed by atoms with Crippen LogP contribution in [0, 0.1) is 0 Å². The highest BCUT2D eigenvalue weighted by Gasteiger charge is 2.36. The topological polar surface area (TPSA) is 57.6 Å². The lowest BCUT2D eigenvalue weighted by molar-refractivity contribution is -0.155. The molecule has 0 aliphatic rings. The van der Waals surface area contributed by atoms with Gasteiger partial charge in [-0.15, -0.1) is 11.8 Å². The summed E-state index contributed by atoms with van der Waals surface area (Å²) < 4.78 is 0. The number of thioether (sulfide) groups is 1. The first-order valence-corrected chi connectivity index (χ1v) is 6.92. The predicted octanol–water partition coefficient (Wildman–Crippen LogP) is 2.23. The molecular formula is C12H23NO3S. The summed E-state index contributed by atoms with van der Waals surface area (Å²) in [5.41, 5.74) is -1.16. The number of rotatable bonds is 7. The first-order valence-electron chi connectivity index (χ1n) is 5.87. The Bertz CT molecular complexity index is 279. The van der Waals surface area contributed by atoms with Crippen molar-refractivity contribution in [2.45, 2.75) is 51.3 Å². The van der Waals surface area contributed by atoms with Gasteiger partial charge in [0.15, 0.2) is 0 Å². The SMILES string of the molecule is CCCCSC(C)C(=O)N(C)C(C)(C)C(=O)O. The zero-order valence-corrected chi connectivity index (χ0v) is 12.1. The fraction of sp³-hybridized carbons (Fsp3) is 0.833. The molecule has 0 aliphatic heterocycles. The minimum atomic E-state index is -1.16. The van der Waals surface area contributed by atoms with Crippen LogP contribution in [0.25, 0.3) is 0 Å². The number of hydrogen-bond acceptors (Lipinski definition) is 3. The van der Waals surface area contributed by atoms with Crippen molar-refractivity contribution in [2.75, 3.05) is 12.8 Å². The summed E-state index contributed by atoms with van der Waals surface area (Å²) in [6, 6.07) is 0. The van der Waals surface area contributed by atoms with Crippen molar-refractivity contribution in [2.24, 2.45) is 0 Å². The van der Waals surface area contributed by atoms with Crippen LogP contribution >= 0.6 is 11.8 Å². The lowest BCUT2D eigenvalue weighted by atomic mass is 10.0. The molecule has 1 atom stereocenters. The molecule has 0 bridgehead atoms. The molecule has 5 heteroatoms. The van der Waals surface area contributed by atoms with E-state index in [1.165, 1.54) is 18.7 Å². The molecule has 0 aromatic heterocycles. The molecule has 1 unspecified atom stereocenters. The van der Waals surface area contributed by atoms with E-state index in [-0.39, 0.29) is 11.2 Å². The van der Waals surface area contributed by atoms with Gasteiger partial charge in [-0.2, -0.15) is 0 Å². The summed E-state index contributed by atoms with van der Waals surface area (Å²) in [5.74, 6) is -0.178. The third-order valence-electron chi connectivity index (χ3n) is 2.91. The molecule has 0 saturated heterocycles. The molecule has 1 amide bonds. The van der Waals surface area contributed by atoms with Gasteiger partial charge in [0.2, 0.25) is 5.91 Å². The Labute approximate surface area is 108 Å². The van der Waals surface area contributed by atoms with E-state index < -0.39 is 11.5 Å². The van der Waals surface area contributed by atoms with Crippen LogP contribution in [0.15, 0.2) is 0 Å². The van der Waals surface area contributed by atoms with Gasteiger partial charge >= 0.3 is 5.97 Å². The van der Waals surface area contributed by atoms with Gasteiger partial charge in [-0.3, -0.25) is 4.79 Å². The fourth-order valence-corrected chi connectivity index (χ4v) is 2.28. The van der Waals surface area contributed by atoms with Gasteiger partial charge in [-0.1, -0.05) is 13.3 Å². The quantitative estimate of drug-likeness (QED) is 0.714. The predicted molar refractivity (Wildman–Crippen MR) is 71.3 cm³/mol. The Balaban J connectivity index is 4.44. The van der Waals surface area contributed by atoms with Crippen molar-refractivity contribution in [3.05, 3.63) is 0 Å². The molecular weight excluding hydrogens is 238 g/mol. The minimum absolute atomic E-state index is 0.126. The Hall–Kier alpha value is -0.710. The molecule has 0 aliphatic carbocycles. The van der Waals surface area contributed by atoms with Crippen molar-refractivity contribution in [1.82, 2.24) is 4.90 Å². The van der Waals surface area contributed by atoms with Gasteiger partial charge in [-0.25, -0.2) is 4.79 Å². The number of carbonyl (C=O) groups excluding carboxylic acids is 1.